The fraction of sp³-hybridized carbons (Fsp3) is 0.273. The Morgan fingerprint density at radius 2 is 2.25 bits per heavy atom. The Kier molecular flexibility index (Phi) is 3.74. The summed E-state index contributed by atoms with van der Waals surface area (Å²) in [4.78, 5) is 10.7. The van der Waals surface area contributed by atoms with Crippen LogP contribution in [0.15, 0.2) is 29.1 Å². The van der Waals surface area contributed by atoms with Gasteiger partial charge in [0, 0.05) is 12.4 Å². The van der Waals surface area contributed by atoms with Crippen LogP contribution in [-0.4, -0.2) is 17.0 Å². The maximum Gasteiger partial charge on any atom is 0.128 e. The van der Waals surface area contributed by atoms with E-state index in [-0.39, 0.29) is 0 Å². The Morgan fingerprint density at radius 1 is 1.38 bits per heavy atom. The highest BCUT2D eigenvalue weighted by atomic mass is 35.5. The summed E-state index contributed by atoms with van der Waals surface area (Å²) in [5.41, 5.74) is 3.79. The molecule has 0 fully saturated rings. The number of aromatic nitrogens is 2. The molecule has 0 unspecified atom stereocenters. The van der Waals surface area contributed by atoms with E-state index in [0.717, 1.165) is 23.8 Å². The van der Waals surface area contributed by atoms with Crippen LogP contribution in [0.2, 0.25) is 0 Å². The lowest BCUT2D eigenvalue weighted by Gasteiger charge is -2.17. The normalized spacial score (nSPS) is 10.4. The van der Waals surface area contributed by atoms with Crippen LogP contribution in [0.1, 0.15) is 11.4 Å². The summed E-state index contributed by atoms with van der Waals surface area (Å²) in [5, 5.41) is 2.04. The molecule has 0 atom stereocenters. The summed E-state index contributed by atoms with van der Waals surface area (Å²) in [5.74, 6) is 1.37. The second kappa shape index (κ2) is 5.27. The molecule has 2 heterocycles. The van der Waals surface area contributed by atoms with Crippen LogP contribution < -0.4 is 4.90 Å². The quantitative estimate of drug-likeness (QED) is 0.785. The monoisotopic (exact) mass is 253 g/mol. The minimum Gasteiger partial charge on any atom is -0.354 e. The number of hydrogen-bond donors (Lipinski definition) is 0. The lowest BCUT2D eigenvalue weighted by atomic mass is 10.3. The van der Waals surface area contributed by atoms with Crippen molar-refractivity contribution in [2.75, 3.05) is 11.9 Å². The number of anilines is 1. The Labute approximate surface area is 104 Å². The topological polar surface area (TPSA) is 29.0 Å². The molecule has 0 aliphatic carbocycles. The van der Waals surface area contributed by atoms with Gasteiger partial charge in [0.25, 0.3) is 0 Å². The third kappa shape index (κ3) is 2.71. The smallest absolute Gasteiger partial charge is 0.128 e. The van der Waals surface area contributed by atoms with Gasteiger partial charge in [-0.05, 0) is 12.1 Å². The second-order valence-corrected chi connectivity index (χ2v) is 4.44. The molecule has 0 aliphatic heterocycles. The molecule has 3 nitrogen and oxygen atoms in total. The second-order valence-electron chi connectivity index (χ2n) is 3.46. The third-order valence-electron chi connectivity index (χ3n) is 2.20. The predicted molar refractivity (Wildman–Crippen MR) is 68.0 cm³/mol. The van der Waals surface area contributed by atoms with Crippen LogP contribution in [0.25, 0.3) is 0 Å². The Morgan fingerprint density at radius 3 is 2.94 bits per heavy atom. The van der Waals surface area contributed by atoms with Crippen molar-refractivity contribution >= 4 is 28.8 Å². The maximum absolute atomic E-state index is 5.75. The number of nitrogens with zero attached hydrogens (tertiary/aromatic N) is 3. The number of thiazole rings is 1. The molecule has 0 amide bonds. The molecule has 0 aromatic carbocycles. The average molecular weight is 254 g/mol. The van der Waals surface area contributed by atoms with E-state index in [9.17, 15) is 0 Å². The minimum absolute atomic E-state index is 0.443. The lowest BCUT2D eigenvalue weighted by Crippen LogP contribution is -2.18. The van der Waals surface area contributed by atoms with Gasteiger partial charge in [0.05, 0.1) is 29.3 Å². The van der Waals surface area contributed by atoms with Gasteiger partial charge in [-0.3, -0.25) is 0 Å². The summed E-state index contributed by atoms with van der Waals surface area (Å²) >= 11 is 7.36. The third-order valence-corrected chi connectivity index (χ3v) is 3.11. The van der Waals surface area contributed by atoms with Crippen LogP contribution in [0.3, 0.4) is 0 Å². The van der Waals surface area contributed by atoms with Crippen LogP contribution in [-0.2, 0) is 12.4 Å². The molecule has 2 aromatic rings. The molecular weight excluding hydrogens is 242 g/mol. The van der Waals surface area contributed by atoms with E-state index in [0.29, 0.717) is 5.88 Å². The predicted octanol–water partition coefficient (Wildman–Crippen LogP) is 2.91. The first-order valence-electron chi connectivity index (χ1n) is 4.89. The zero-order valence-electron chi connectivity index (χ0n) is 8.93. The summed E-state index contributed by atoms with van der Waals surface area (Å²) in [6, 6.07) is 5.87. The number of rotatable bonds is 4. The largest absolute Gasteiger partial charge is 0.354 e. The SMILES string of the molecule is CN(Cc1cscn1)c1cccc(CCl)n1. The fourth-order valence-electron chi connectivity index (χ4n) is 1.39. The van der Waals surface area contributed by atoms with Crippen molar-refractivity contribution in [3.8, 4) is 0 Å². The van der Waals surface area contributed by atoms with Crippen LogP contribution in [0, 0.1) is 0 Å². The van der Waals surface area contributed by atoms with E-state index in [1.54, 1.807) is 11.3 Å². The molecule has 84 valence electrons. The molecule has 0 saturated carbocycles. The first-order chi connectivity index (χ1) is 7.79. The van der Waals surface area contributed by atoms with Gasteiger partial charge < -0.3 is 4.90 Å². The molecular formula is C11H12ClN3S. The van der Waals surface area contributed by atoms with Gasteiger partial charge in [-0.2, -0.15) is 0 Å². The van der Waals surface area contributed by atoms with Crippen molar-refractivity contribution in [1.29, 1.82) is 0 Å². The highest BCUT2D eigenvalue weighted by molar-refractivity contribution is 7.07. The summed E-state index contributed by atoms with van der Waals surface area (Å²) < 4.78 is 0. The Hall–Kier alpha value is -1.13. The van der Waals surface area contributed by atoms with E-state index >= 15 is 0 Å². The molecule has 0 bridgehead atoms. The average Bonchev–Trinajstić information content (AvgIpc) is 2.82. The first-order valence-corrected chi connectivity index (χ1v) is 6.37. The molecule has 0 N–H and O–H groups in total. The summed E-state index contributed by atoms with van der Waals surface area (Å²) in [7, 11) is 2.00. The molecule has 5 heteroatoms. The highest BCUT2D eigenvalue weighted by Gasteiger charge is 2.05. The van der Waals surface area contributed by atoms with Crippen LogP contribution in [0.5, 0.6) is 0 Å². The van der Waals surface area contributed by atoms with Crippen molar-refractivity contribution in [3.05, 3.63) is 40.5 Å². The van der Waals surface area contributed by atoms with Crippen molar-refractivity contribution < 1.29 is 0 Å². The van der Waals surface area contributed by atoms with Gasteiger partial charge in [-0.15, -0.1) is 22.9 Å². The number of alkyl halides is 1. The van der Waals surface area contributed by atoms with Crippen LogP contribution >= 0.6 is 22.9 Å². The van der Waals surface area contributed by atoms with E-state index in [2.05, 4.69) is 14.9 Å². The van der Waals surface area contributed by atoms with E-state index in [4.69, 9.17) is 11.6 Å². The molecule has 16 heavy (non-hydrogen) atoms. The van der Waals surface area contributed by atoms with Crippen molar-refractivity contribution in [2.24, 2.45) is 0 Å². The van der Waals surface area contributed by atoms with E-state index in [1.165, 1.54) is 0 Å². The summed E-state index contributed by atoms with van der Waals surface area (Å²) in [6.07, 6.45) is 0. The summed E-state index contributed by atoms with van der Waals surface area (Å²) in [6.45, 7) is 0.766. The first kappa shape index (κ1) is 11.4. The highest BCUT2D eigenvalue weighted by Crippen LogP contribution is 2.14. The molecule has 0 aliphatic rings. The number of halogens is 1. The number of hydrogen-bond acceptors (Lipinski definition) is 4. The zero-order chi connectivity index (χ0) is 11.4. The Bertz CT molecular complexity index is 444. The lowest BCUT2D eigenvalue weighted by molar-refractivity contribution is 0.868. The van der Waals surface area contributed by atoms with Crippen molar-refractivity contribution in [3.63, 3.8) is 0 Å². The van der Waals surface area contributed by atoms with Crippen molar-refractivity contribution in [1.82, 2.24) is 9.97 Å². The molecule has 0 radical (unpaired) electrons. The van der Waals surface area contributed by atoms with Crippen LogP contribution in [0.4, 0.5) is 5.82 Å². The molecule has 0 spiro atoms. The van der Waals surface area contributed by atoms with Gasteiger partial charge in [-0.1, -0.05) is 6.07 Å². The van der Waals surface area contributed by atoms with Gasteiger partial charge in [0.15, 0.2) is 0 Å². The minimum atomic E-state index is 0.443. The molecule has 2 aromatic heterocycles. The van der Waals surface area contributed by atoms with E-state index in [1.807, 2.05) is 36.1 Å². The maximum atomic E-state index is 5.75. The molecule has 0 saturated heterocycles. The number of pyridine rings is 1. The van der Waals surface area contributed by atoms with Gasteiger partial charge >= 0.3 is 0 Å². The Balaban J connectivity index is 2.11. The standard InChI is InChI=1S/C11H12ClN3S/c1-15(6-10-7-16-8-13-10)11-4-2-3-9(5-12)14-11/h2-4,7-8H,5-6H2,1H3. The zero-order valence-corrected chi connectivity index (χ0v) is 10.5. The van der Waals surface area contributed by atoms with E-state index < -0.39 is 0 Å². The van der Waals surface area contributed by atoms with Gasteiger partial charge in [-0.25, -0.2) is 9.97 Å². The van der Waals surface area contributed by atoms with Gasteiger partial charge in [0.1, 0.15) is 5.82 Å². The van der Waals surface area contributed by atoms with Crippen molar-refractivity contribution in [2.45, 2.75) is 12.4 Å². The van der Waals surface area contributed by atoms with Gasteiger partial charge in [0.2, 0.25) is 0 Å². The fourth-order valence-corrected chi connectivity index (χ4v) is 2.09. The molecule has 2 rings (SSSR count).